The van der Waals surface area contributed by atoms with Crippen LogP contribution in [-0.4, -0.2) is 13.1 Å². The second-order valence-corrected chi connectivity index (χ2v) is 5.37. The van der Waals surface area contributed by atoms with Gasteiger partial charge < -0.3 is 11.5 Å². The summed E-state index contributed by atoms with van der Waals surface area (Å²) in [6, 6.07) is 4.42. The molecular formula is C14H21ClN2. The lowest BCUT2D eigenvalue weighted by atomic mass is 9.88. The Kier molecular flexibility index (Phi) is 4.43. The van der Waals surface area contributed by atoms with E-state index in [9.17, 15) is 0 Å². The molecule has 94 valence electrons. The van der Waals surface area contributed by atoms with Crippen LogP contribution in [0.2, 0.25) is 5.02 Å². The molecule has 0 saturated carbocycles. The molecule has 1 aromatic rings. The molecule has 0 spiro atoms. The second-order valence-electron chi connectivity index (χ2n) is 4.96. The topological polar surface area (TPSA) is 52.0 Å². The van der Waals surface area contributed by atoms with Gasteiger partial charge in [0, 0.05) is 5.02 Å². The van der Waals surface area contributed by atoms with Gasteiger partial charge in [0.15, 0.2) is 0 Å². The standard InChI is InChI=1S/C14H21ClN2/c15-14-7-12-4-2-1-3-11(12)6-13(14)5-10(8-16)9-17/h6-7,10H,1-5,8-9,16-17H2. The number of hydrogen-bond acceptors (Lipinski definition) is 2. The van der Waals surface area contributed by atoms with Crippen molar-refractivity contribution in [2.45, 2.75) is 32.1 Å². The highest BCUT2D eigenvalue weighted by molar-refractivity contribution is 6.31. The smallest absolute Gasteiger partial charge is 0.0441 e. The zero-order valence-corrected chi connectivity index (χ0v) is 11.0. The first-order valence-electron chi connectivity index (χ1n) is 6.45. The molecule has 0 heterocycles. The van der Waals surface area contributed by atoms with Crippen LogP contribution < -0.4 is 11.5 Å². The second kappa shape index (κ2) is 5.85. The van der Waals surface area contributed by atoms with E-state index in [2.05, 4.69) is 12.1 Å². The molecule has 0 amide bonds. The van der Waals surface area contributed by atoms with Crippen LogP contribution in [0.1, 0.15) is 29.5 Å². The van der Waals surface area contributed by atoms with Gasteiger partial charge in [-0.15, -0.1) is 0 Å². The summed E-state index contributed by atoms with van der Waals surface area (Å²) >= 11 is 6.34. The third-order valence-corrected chi connectivity index (χ3v) is 4.04. The van der Waals surface area contributed by atoms with Crippen molar-refractivity contribution < 1.29 is 0 Å². The normalized spacial score (nSPS) is 15.1. The van der Waals surface area contributed by atoms with Crippen LogP contribution in [0.4, 0.5) is 0 Å². The van der Waals surface area contributed by atoms with Crippen LogP contribution >= 0.6 is 11.6 Å². The van der Waals surface area contributed by atoms with E-state index in [-0.39, 0.29) is 0 Å². The molecular weight excluding hydrogens is 232 g/mol. The Hall–Kier alpha value is -0.570. The van der Waals surface area contributed by atoms with Crippen molar-refractivity contribution in [3.8, 4) is 0 Å². The molecule has 0 atom stereocenters. The number of fused-ring (bicyclic) bond motifs is 1. The van der Waals surface area contributed by atoms with Gasteiger partial charge in [0.1, 0.15) is 0 Å². The summed E-state index contributed by atoms with van der Waals surface area (Å²) in [5, 5.41) is 0.887. The molecule has 1 aliphatic carbocycles. The Morgan fingerprint density at radius 1 is 1.06 bits per heavy atom. The van der Waals surface area contributed by atoms with E-state index in [1.807, 2.05) is 0 Å². The number of aryl methyl sites for hydroxylation is 2. The number of nitrogens with two attached hydrogens (primary N) is 2. The minimum absolute atomic E-state index is 0.342. The van der Waals surface area contributed by atoms with Crippen LogP contribution in [0.5, 0.6) is 0 Å². The van der Waals surface area contributed by atoms with Crippen molar-refractivity contribution in [2.24, 2.45) is 17.4 Å². The average molecular weight is 253 g/mol. The van der Waals surface area contributed by atoms with Gasteiger partial charge in [-0.25, -0.2) is 0 Å². The molecule has 1 aromatic carbocycles. The maximum atomic E-state index is 6.34. The average Bonchev–Trinajstić information content (AvgIpc) is 2.36. The molecule has 0 saturated heterocycles. The minimum atomic E-state index is 0.342. The molecule has 0 fully saturated rings. The largest absolute Gasteiger partial charge is 0.330 e. The Morgan fingerprint density at radius 2 is 1.65 bits per heavy atom. The molecule has 0 unspecified atom stereocenters. The van der Waals surface area contributed by atoms with Gasteiger partial charge in [-0.05, 0) is 73.9 Å². The van der Waals surface area contributed by atoms with E-state index in [1.165, 1.54) is 42.4 Å². The summed E-state index contributed by atoms with van der Waals surface area (Å²) in [6.07, 6.45) is 5.85. The number of benzene rings is 1. The van der Waals surface area contributed by atoms with Crippen molar-refractivity contribution in [1.82, 2.24) is 0 Å². The first-order chi connectivity index (χ1) is 8.24. The monoisotopic (exact) mass is 252 g/mol. The van der Waals surface area contributed by atoms with Crippen LogP contribution in [0, 0.1) is 5.92 Å². The predicted molar refractivity (Wildman–Crippen MR) is 73.4 cm³/mol. The summed E-state index contributed by atoms with van der Waals surface area (Å²) < 4.78 is 0. The SMILES string of the molecule is NCC(CN)Cc1cc2c(cc1Cl)CCCC2. The van der Waals surface area contributed by atoms with Gasteiger partial charge in [0.25, 0.3) is 0 Å². The fourth-order valence-electron chi connectivity index (χ4n) is 2.54. The molecule has 2 rings (SSSR count). The Labute approximate surface area is 108 Å². The van der Waals surface area contributed by atoms with Gasteiger partial charge in [-0.1, -0.05) is 17.7 Å². The van der Waals surface area contributed by atoms with Crippen LogP contribution in [0.25, 0.3) is 0 Å². The van der Waals surface area contributed by atoms with E-state index in [4.69, 9.17) is 23.1 Å². The highest BCUT2D eigenvalue weighted by atomic mass is 35.5. The third-order valence-electron chi connectivity index (χ3n) is 3.69. The number of rotatable bonds is 4. The van der Waals surface area contributed by atoms with E-state index in [1.54, 1.807) is 0 Å². The van der Waals surface area contributed by atoms with Gasteiger partial charge in [-0.3, -0.25) is 0 Å². The summed E-state index contributed by atoms with van der Waals surface area (Å²) in [4.78, 5) is 0. The van der Waals surface area contributed by atoms with Crippen molar-refractivity contribution in [3.05, 3.63) is 33.8 Å². The van der Waals surface area contributed by atoms with Crippen LogP contribution in [0.3, 0.4) is 0 Å². The molecule has 17 heavy (non-hydrogen) atoms. The summed E-state index contributed by atoms with van der Waals surface area (Å²) in [5.74, 6) is 0.342. The zero-order chi connectivity index (χ0) is 12.3. The van der Waals surface area contributed by atoms with Gasteiger partial charge >= 0.3 is 0 Å². The lowest BCUT2D eigenvalue weighted by molar-refractivity contribution is 0.547. The number of halogens is 1. The highest BCUT2D eigenvalue weighted by Gasteiger charge is 2.14. The first-order valence-corrected chi connectivity index (χ1v) is 6.82. The molecule has 0 radical (unpaired) electrons. The fourth-order valence-corrected chi connectivity index (χ4v) is 2.80. The van der Waals surface area contributed by atoms with E-state index >= 15 is 0 Å². The van der Waals surface area contributed by atoms with Crippen LogP contribution in [-0.2, 0) is 19.3 Å². The highest BCUT2D eigenvalue weighted by Crippen LogP contribution is 2.28. The van der Waals surface area contributed by atoms with Gasteiger partial charge in [-0.2, -0.15) is 0 Å². The summed E-state index contributed by atoms with van der Waals surface area (Å²) in [6.45, 7) is 1.26. The number of hydrogen-bond donors (Lipinski definition) is 2. The maximum absolute atomic E-state index is 6.34. The van der Waals surface area contributed by atoms with Crippen molar-refractivity contribution in [3.63, 3.8) is 0 Å². The van der Waals surface area contributed by atoms with Crippen molar-refractivity contribution in [2.75, 3.05) is 13.1 Å². The molecule has 2 nitrogen and oxygen atoms in total. The molecule has 3 heteroatoms. The Morgan fingerprint density at radius 3 is 2.24 bits per heavy atom. The predicted octanol–water partition coefficient (Wildman–Crippen LogP) is 2.29. The summed E-state index contributed by atoms with van der Waals surface area (Å²) in [5.41, 5.74) is 15.5. The van der Waals surface area contributed by atoms with E-state index in [0.717, 1.165) is 11.4 Å². The zero-order valence-electron chi connectivity index (χ0n) is 10.2. The lowest BCUT2D eigenvalue weighted by Gasteiger charge is -2.19. The Balaban J connectivity index is 2.22. The molecule has 0 aliphatic heterocycles. The maximum Gasteiger partial charge on any atom is 0.0441 e. The lowest BCUT2D eigenvalue weighted by Crippen LogP contribution is -2.25. The van der Waals surface area contributed by atoms with E-state index in [0.29, 0.717) is 19.0 Å². The molecule has 0 aromatic heterocycles. The Bertz CT molecular complexity index is 386. The minimum Gasteiger partial charge on any atom is -0.330 e. The fraction of sp³-hybridized carbons (Fsp3) is 0.571. The van der Waals surface area contributed by atoms with Crippen LogP contribution in [0.15, 0.2) is 12.1 Å². The first kappa shape index (κ1) is 12.9. The van der Waals surface area contributed by atoms with Crippen molar-refractivity contribution >= 4 is 11.6 Å². The molecule has 4 N–H and O–H groups in total. The summed E-state index contributed by atoms with van der Waals surface area (Å²) in [7, 11) is 0. The van der Waals surface area contributed by atoms with Gasteiger partial charge in [0.2, 0.25) is 0 Å². The third kappa shape index (κ3) is 3.01. The molecule has 0 bridgehead atoms. The quantitative estimate of drug-likeness (QED) is 0.864. The van der Waals surface area contributed by atoms with Crippen molar-refractivity contribution in [1.29, 1.82) is 0 Å². The molecule has 1 aliphatic rings. The van der Waals surface area contributed by atoms with E-state index < -0.39 is 0 Å². The van der Waals surface area contributed by atoms with Gasteiger partial charge in [0.05, 0.1) is 0 Å².